The minimum Gasteiger partial charge on any atom is -0.366 e. The molecule has 0 aliphatic carbocycles. The molecule has 2 aromatic heterocycles. The summed E-state index contributed by atoms with van der Waals surface area (Å²) in [5, 5.41) is 3.79. The number of H-pyrrole nitrogens is 1. The minimum absolute atomic E-state index is 0.139. The van der Waals surface area contributed by atoms with Crippen LogP contribution < -0.4 is 5.32 Å². The number of rotatable bonds is 6. The summed E-state index contributed by atoms with van der Waals surface area (Å²) in [5.41, 5.74) is 2.01. The zero-order chi connectivity index (χ0) is 18.0. The van der Waals surface area contributed by atoms with Gasteiger partial charge in [0.25, 0.3) is 0 Å². The van der Waals surface area contributed by atoms with Gasteiger partial charge in [-0.05, 0) is 27.1 Å². The molecule has 0 radical (unpaired) electrons. The monoisotopic (exact) mass is 341 g/mol. The molecule has 0 atom stereocenters. The molecular formula is C18H20FN5O. The highest BCUT2D eigenvalue weighted by atomic mass is 19.1. The molecule has 3 rings (SSSR count). The van der Waals surface area contributed by atoms with Crippen molar-refractivity contribution < 1.29 is 9.18 Å². The van der Waals surface area contributed by atoms with Gasteiger partial charge in [0.05, 0.1) is 17.0 Å². The van der Waals surface area contributed by atoms with Crippen molar-refractivity contribution in [3.63, 3.8) is 0 Å². The van der Waals surface area contributed by atoms with Gasteiger partial charge in [-0.3, -0.25) is 4.79 Å². The number of carbonyl (C=O) groups is 1. The number of nitrogens with one attached hydrogen (secondary N) is 2. The van der Waals surface area contributed by atoms with Crippen LogP contribution in [0.25, 0.3) is 22.4 Å². The lowest BCUT2D eigenvalue weighted by molar-refractivity contribution is 0.112. The lowest BCUT2D eigenvalue weighted by Gasteiger charge is -2.13. The number of anilines is 1. The van der Waals surface area contributed by atoms with Crippen molar-refractivity contribution in [1.29, 1.82) is 0 Å². The number of hydrogen-bond acceptors (Lipinski definition) is 5. The van der Waals surface area contributed by atoms with E-state index >= 15 is 0 Å². The molecule has 0 amide bonds. The second kappa shape index (κ2) is 6.98. The van der Waals surface area contributed by atoms with Crippen molar-refractivity contribution in [1.82, 2.24) is 19.9 Å². The summed E-state index contributed by atoms with van der Waals surface area (Å²) in [5.74, 6) is -0.0457. The first kappa shape index (κ1) is 17.0. The smallest absolute Gasteiger partial charge is 0.186 e. The summed E-state index contributed by atoms with van der Waals surface area (Å²) >= 11 is 0. The number of hydrogen-bond donors (Lipinski definition) is 2. The Morgan fingerprint density at radius 3 is 2.76 bits per heavy atom. The van der Waals surface area contributed by atoms with Crippen LogP contribution in [0, 0.1) is 12.7 Å². The number of halogens is 1. The van der Waals surface area contributed by atoms with E-state index in [0.29, 0.717) is 23.6 Å². The highest BCUT2D eigenvalue weighted by Gasteiger charge is 2.18. The third-order valence-corrected chi connectivity index (χ3v) is 3.96. The topological polar surface area (TPSA) is 73.9 Å². The number of para-hydroxylation sites is 1. The van der Waals surface area contributed by atoms with Crippen molar-refractivity contribution >= 4 is 23.0 Å². The lowest BCUT2D eigenvalue weighted by atomic mass is 10.1. The van der Waals surface area contributed by atoms with Crippen LogP contribution in [0.4, 0.5) is 10.2 Å². The Morgan fingerprint density at radius 2 is 2.04 bits per heavy atom. The van der Waals surface area contributed by atoms with Crippen LogP contribution in [-0.4, -0.2) is 53.3 Å². The summed E-state index contributed by atoms with van der Waals surface area (Å²) in [6, 6.07) is 7.46. The van der Waals surface area contributed by atoms with Gasteiger partial charge in [-0.2, -0.15) is 0 Å². The van der Waals surface area contributed by atoms with Gasteiger partial charge < -0.3 is 15.2 Å². The number of aromatic nitrogens is 3. The third kappa shape index (κ3) is 3.36. The SMILES string of the molecule is Cc1nc(-c2[nH]c3ccccc3c2C=O)nc(NCCN(C)C)c1F. The van der Waals surface area contributed by atoms with Gasteiger partial charge in [0.2, 0.25) is 0 Å². The van der Waals surface area contributed by atoms with Gasteiger partial charge in [-0.15, -0.1) is 0 Å². The van der Waals surface area contributed by atoms with Crippen molar-refractivity contribution in [2.24, 2.45) is 0 Å². The Hall–Kier alpha value is -2.80. The third-order valence-electron chi connectivity index (χ3n) is 3.96. The fraction of sp³-hybridized carbons (Fsp3) is 0.278. The van der Waals surface area contributed by atoms with Crippen molar-refractivity contribution in [3.8, 4) is 11.5 Å². The Balaban J connectivity index is 2.05. The van der Waals surface area contributed by atoms with E-state index in [2.05, 4.69) is 20.3 Å². The molecule has 0 aliphatic heterocycles. The van der Waals surface area contributed by atoms with Gasteiger partial charge in [-0.25, -0.2) is 14.4 Å². The van der Waals surface area contributed by atoms with E-state index in [0.717, 1.165) is 23.7 Å². The molecular weight excluding hydrogens is 321 g/mol. The molecule has 6 nitrogen and oxygen atoms in total. The predicted molar refractivity (Wildman–Crippen MR) is 96.5 cm³/mol. The second-order valence-corrected chi connectivity index (χ2v) is 6.10. The summed E-state index contributed by atoms with van der Waals surface area (Å²) < 4.78 is 14.3. The number of carbonyl (C=O) groups excluding carboxylic acids is 1. The van der Waals surface area contributed by atoms with Crippen LogP contribution in [0.5, 0.6) is 0 Å². The van der Waals surface area contributed by atoms with Crippen LogP contribution >= 0.6 is 0 Å². The van der Waals surface area contributed by atoms with E-state index in [-0.39, 0.29) is 11.5 Å². The molecule has 0 spiro atoms. The average Bonchev–Trinajstić information content (AvgIpc) is 2.96. The molecule has 25 heavy (non-hydrogen) atoms. The number of aryl methyl sites for hydroxylation is 1. The summed E-state index contributed by atoms with van der Waals surface area (Å²) in [4.78, 5) is 25.3. The molecule has 0 fully saturated rings. The van der Waals surface area contributed by atoms with E-state index in [1.165, 1.54) is 0 Å². The first-order valence-corrected chi connectivity index (χ1v) is 8.00. The maximum Gasteiger partial charge on any atom is 0.186 e. The molecule has 0 aliphatic rings. The van der Waals surface area contributed by atoms with E-state index in [1.807, 2.05) is 43.3 Å². The molecule has 3 aromatic rings. The van der Waals surface area contributed by atoms with Crippen molar-refractivity contribution in [3.05, 3.63) is 41.3 Å². The van der Waals surface area contributed by atoms with Crippen molar-refractivity contribution in [2.75, 3.05) is 32.5 Å². The number of benzene rings is 1. The Bertz CT molecular complexity index is 919. The maximum absolute atomic E-state index is 14.3. The Kier molecular flexibility index (Phi) is 4.76. The molecule has 0 saturated heterocycles. The van der Waals surface area contributed by atoms with Gasteiger partial charge >= 0.3 is 0 Å². The summed E-state index contributed by atoms with van der Waals surface area (Å²) in [6.07, 6.45) is 0.773. The van der Waals surface area contributed by atoms with Crippen LogP contribution in [0.2, 0.25) is 0 Å². The van der Waals surface area contributed by atoms with E-state index in [4.69, 9.17) is 0 Å². The summed E-state index contributed by atoms with van der Waals surface area (Å²) in [6.45, 7) is 2.87. The quantitative estimate of drug-likeness (QED) is 0.675. The molecule has 2 N–H and O–H groups in total. The molecule has 0 saturated carbocycles. The average molecular weight is 341 g/mol. The number of likely N-dealkylation sites (N-methyl/N-ethyl adjacent to an activating group) is 1. The van der Waals surface area contributed by atoms with Gasteiger partial charge in [0.15, 0.2) is 23.7 Å². The summed E-state index contributed by atoms with van der Waals surface area (Å²) in [7, 11) is 3.88. The molecule has 7 heteroatoms. The molecule has 0 bridgehead atoms. The Labute approximate surface area is 145 Å². The van der Waals surface area contributed by atoms with E-state index < -0.39 is 5.82 Å². The fourth-order valence-corrected chi connectivity index (χ4v) is 2.65. The first-order valence-electron chi connectivity index (χ1n) is 8.00. The van der Waals surface area contributed by atoms with E-state index in [1.54, 1.807) is 6.92 Å². The largest absolute Gasteiger partial charge is 0.366 e. The lowest BCUT2D eigenvalue weighted by Crippen LogP contribution is -2.22. The van der Waals surface area contributed by atoms with Crippen LogP contribution in [0.3, 0.4) is 0 Å². The molecule has 0 unspecified atom stereocenters. The van der Waals surface area contributed by atoms with Crippen LogP contribution in [0.15, 0.2) is 24.3 Å². The maximum atomic E-state index is 14.3. The second-order valence-electron chi connectivity index (χ2n) is 6.10. The molecule has 1 aromatic carbocycles. The minimum atomic E-state index is -0.480. The normalized spacial score (nSPS) is 11.2. The zero-order valence-corrected chi connectivity index (χ0v) is 14.4. The van der Waals surface area contributed by atoms with Gasteiger partial charge in [0, 0.05) is 24.0 Å². The highest BCUT2D eigenvalue weighted by Crippen LogP contribution is 2.28. The number of fused-ring (bicyclic) bond motifs is 1. The highest BCUT2D eigenvalue weighted by molar-refractivity contribution is 6.03. The molecule has 2 heterocycles. The number of aromatic amines is 1. The number of nitrogens with zero attached hydrogens (tertiary/aromatic N) is 3. The van der Waals surface area contributed by atoms with Crippen LogP contribution in [0.1, 0.15) is 16.1 Å². The van der Waals surface area contributed by atoms with Crippen LogP contribution in [-0.2, 0) is 0 Å². The standard InChI is InChI=1S/C18H20FN5O/c1-11-15(19)17(20-8-9-24(2)3)23-18(21-11)16-13(10-25)12-6-4-5-7-14(12)22-16/h4-7,10,22H,8-9H2,1-3H3,(H,20,21,23). The number of aldehydes is 1. The molecule has 130 valence electrons. The first-order chi connectivity index (χ1) is 12.0. The Morgan fingerprint density at radius 1 is 1.28 bits per heavy atom. The fourth-order valence-electron chi connectivity index (χ4n) is 2.65. The van der Waals surface area contributed by atoms with Gasteiger partial charge in [0.1, 0.15) is 0 Å². The van der Waals surface area contributed by atoms with Crippen molar-refractivity contribution in [2.45, 2.75) is 6.92 Å². The van der Waals surface area contributed by atoms with E-state index in [9.17, 15) is 9.18 Å². The predicted octanol–water partition coefficient (Wildman–Crippen LogP) is 2.86. The zero-order valence-electron chi connectivity index (χ0n) is 14.4. The van der Waals surface area contributed by atoms with Gasteiger partial charge in [-0.1, -0.05) is 18.2 Å².